The molecule has 0 saturated carbocycles. The van der Waals surface area contributed by atoms with E-state index in [0.29, 0.717) is 53.2 Å². The predicted octanol–water partition coefficient (Wildman–Crippen LogP) is 5.70. The number of nitrogens with one attached hydrogen (secondary N) is 1. The lowest BCUT2D eigenvalue weighted by Crippen LogP contribution is -2.41. The number of para-hydroxylation sites is 3. The highest BCUT2D eigenvalue weighted by molar-refractivity contribution is 5.89. The first-order chi connectivity index (χ1) is 18.4. The monoisotopic (exact) mass is 515 g/mol. The number of carbonyl (C=O) groups is 1. The van der Waals surface area contributed by atoms with Crippen molar-refractivity contribution in [1.29, 1.82) is 0 Å². The maximum absolute atomic E-state index is 13.9. The van der Waals surface area contributed by atoms with Gasteiger partial charge in [0.1, 0.15) is 11.6 Å². The highest BCUT2D eigenvalue weighted by Crippen LogP contribution is 2.30. The van der Waals surface area contributed by atoms with Gasteiger partial charge < -0.3 is 15.0 Å². The molecule has 4 aromatic rings. The van der Waals surface area contributed by atoms with Gasteiger partial charge in [0.25, 0.3) is 11.2 Å². The smallest absolute Gasteiger partial charge is 0.322 e. The van der Waals surface area contributed by atoms with Gasteiger partial charge in [-0.05, 0) is 49.2 Å². The number of methoxy groups -OCH3 is 1. The molecule has 196 valence electrons. The first-order valence-corrected chi connectivity index (χ1v) is 12.4. The highest BCUT2D eigenvalue weighted by Gasteiger charge is 2.29. The minimum Gasteiger partial charge on any atom is -0.495 e. The zero-order valence-electron chi connectivity index (χ0n) is 21.5. The number of carbonyl (C=O) groups excluding carboxylic acids is 1. The van der Waals surface area contributed by atoms with Crippen LogP contribution in [0.4, 0.5) is 16.2 Å². The third-order valence-electron chi connectivity index (χ3n) is 6.24. The van der Waals surface area contributed by atoms with Gasteiger partial charge >= 0.3 is 6.03 Å². The molecule has 38 heavy (non-hydrogen) atoms. The Morgan fingerprint density at radius 3 is 2.42 bits per heavy atom. The molecule has 3 aromatic carbocycles. The Kier molecular flexibility index (Phi) is 8.00. The number of nitrogens with zero attached hydrogens (tertiary/aromatic N) is 4. The predicted molar refractivity (Wildman–Crippen MR) is 146 cm³/mol. The Bertz CT molecular complexity index is 1520. The van der Waals surface area contributed by atoms with Crippen LogP contribution in [0.15, 0.2) is 77.6 Å². The van der Waals surface area contributed by atoms with Gasteiger partial charge in [-0.1, -0.05) is 38.1 Å². The van der Waals surface area contributed by atoms with Crippen LogP contribution in [0.5, 0.6) is 5.75 Å². The second-order valence-electron chi connectivity index (χ2n) is 8.65. The Balaban J connectivity index is 1.84. The average molecular weight is 516 g/mol. The first kappa shape index (κ1) is 26.3. The summed E-state index contributed by atoms with van der Waals surface area (Å²) in [5.41, 5.74) is 1.15. The Morgan fingerprint density at radius 1 is 1.08 bits per heavy atom. The summed E-state index contributed by atoms with van der Waals surface area (Å²) in [6, 6.07) is 19.0. The van der Waals surface area contributed by atoms with Crippen LogP contribution in [0.2, 0.25) is 0 Å². The maximum atomic E-state index is 13.9. The number of nitro groups is 1. The van der Waals surface area contributed by atoms with Crippen molar-refractivity contribution in [3.8, 4) is 11.4 Å². The summed E-state index contributed by atoms with van der Waals surface area (Å²) in [6.07, 6.45) is 1.14. The van der Waals surface area contributed by atoms with Crippen molar-refractivity contribution < 1.29 is 14.5 Å². The lowest BCUT2D eigenvalue weighted by atomic mass is 10.1. The quantitative estimate of drug-likeness (QED) is 0.226. The molecular weight excluding hydrogens is 486 g/mol. The van der Waals surface area contributed by atoms with Crippen LogP contribution in [-0.2, 0) is 0 Å². The van der Waals surface area contributed by atoms with E-state index in [9.17, 15) is 19.7 Å². The van der Waals surface area contributed by atoms with Crippen LogP contribution in [0, 0.1) is 10.1 Å². The number of amides is 2. The zero-order valence-corrected chi connectivity index (χ0v) is 21.5. The molecule has 0 bridgehead atoms. The van der Waals surface area contributed by atoms with Crippen molar-refractivity contribution >= 4 is 28.3 Å². The molecular formula is C28H29N5O5. The zero-order chi connectivity index (χ0) is 27.2. The molecule has 2 amide bonds. The summed E-state index contributed by atoms with van der Waals surface area (Å²) in [6.45, 7) is 4.28. The Morgan fingerprint density at radius 2 is 1.76 bits per heavy atom. The number of anilines is 1. The van der Waals surface area contributed by atoms with Crippen LogP contribution >= 0.6 is 0 Å². The highest BCUT2D eigenvalue weighted by atomic mass is 16.6. The van der Waals surface area contributed by atoms with Crippen LogP contribution < -0.4 is 15.6 Å². The number of hydrogen-bond donors (Lipinski definition) is 1. The van der Waals surface area contributed by atoms with E-state index in [-0.39, 0.29) is 11.2 Å². The Hall–Kier alpha value is -4.73. The second kappa shape index (κ2) is 11.5. The normalized spacial score (nSPS) is 11.7. The molecule has 1 N–H and O–H groups in total. The number of nitro benzene ring substituents is 1. The summed E-state index contributed by atoms with van der Waals surface area (Å²) in [7, 11) is 1.54. The van der Waals surface area contributed by atoms with Gasteiger partial charge in [-0.3, -0.25) is 19.5 Å². The van der Waals surface area contributed by atoms with Crippen molar-refractivity contribution in [2.45, 2.75) is 32.7 Å². The molecule has 0 radical (unpaired) electrons. The van der Waals surface area contributed by atoms with Gasteiger partial charge in [0.2, 0.25) is 0 Å². The van der Waals surface area contributed by atoms with Crippen LogP contribution in [0.25, 0.3) is 16.6 Å². The fraction of sp³-hybridized carbons (Fsp3) is 0.250. The van der Waals surface area contributed by atoms with E-state index in [0.717, 1.165) is 0 Å². The second-order valence-corrected chi connectivity index (χ2v) is 8.65. The fourth-order valence-electron chi connectivity index (χ4n) is 4.46. The third kappa shape index (κ3) is 5.19. The number of hydrogen-bond acceptors (Lipinski definition) is 6. The molecule has 0 aliphatic carbocycles. The fourth-order valence-corrected chi connectivity index (χ4v) is 4.46. The van der Waals surface area contributed by atoms with Crippen LogP contribution in [-0.4, -0.2) is 39.1 Å². The topological polar surface area (TPSA) is 120 Å². The number of benzene rings is 3. The number of urea groups is 1. The minimum absolute atomic E-state index is 0.0685. The average Bonchev–Trinajstić information content (AvgIpc) is 2.93. The molecule has 0 spiro atoms. The van der Waals surface area contributed by atoms with E-state index >= 15 is 0 Å². The minimum atomic E-state index is -0.560. The molecule has 10 nitrogen and oxygen atoms in total. The Labute approximate surface area is 219 Å². The first-order valence-electron chi connectivity index (χ1n) is 12.4. The van der Waals surface area contributed by atoms with E-state index in [1.165, 1.54) is 35.9 Å². The number of aromatic nitrogens is 2. The molecule has 0 aliphatic rings. The van der Waals surface area contributed by atoms with Gasteiger partial charge in [0.15, 0.2) is 0 Å². The summed E-state index contributed by atoms with van der Waals surface area (Å²) >= 11 is 0. The van der Waals surface area contributed by atoms with Gasteiger partial charge in [0, 0.05) is 24.4 Å². The van der Waals surface area contributed by atoms with Crippen LogP contribution in [0.1, 0.15) is 38.6 Å². The van der Waals surface area contributed by atoms with E-state index < -0.39 is 17.0 Å². The molecule has 1 heterocycles. The standard InChI is InChI=1S/C28H29N5O5/c1-4-18-31(28(35)29-19-14-16-20(17-15-19)33(36)37)23(5-2)26-30-22-11-7-6-10-21(22)27(34)32(26)24-12-8-9-13-25(24)38-3/h6-17,23H,4-5,18H2,1-3H3,(H,29,35). The number of ether oxygens (including phenoxy) is 1. The summed E-state index contributed by atoms with van der Waals surface area (Å²) < 4.78 is 7.09. The maximum Gasteiger partial charge on any atom is 0.322 e. The molecule has 4 rings (SSSR count). The number of rotatable bonds is 9. The largest absolute Gasteiger partial charge is 0.495 e. The third-order valence-corrected chi connectivity index (χ3v) is 6.24. The van der Waals surface area contributed by atoms with E-state index in [2.05, 4.69) is 5.32 Å². The molecule has 0 saturated heterocycles. The van der Waals surface area contributed by atoms with Gasteiger partial charge in [-0.25, -0.2) is 9.78 Å². The van der Waals surface area contributed by atoms with E-state index in [1.54, 1.807) is 35.2 Å². The molecule has 0 aliphatic heterocycles. The lowest BCUT2D eigenvalue weighted by Gasteiger charge is -2.32. The molecule has 10 heteroatoms. The van der Waals surface area contributed by atoms with Crippen LogP contribution in [0.3, 0.4) is 0 Å². The van der Waals surface area contributed by atoms with E-state index in [4.69, 9.17) is 9.72 Å². The molecule has 0 fully saturated rings. The van der Waals surface area contributed by atoms with Crippen molar-refractivity contribution in [3.05, 3.63) is 99.1 Å². The molecule has 1 aromatic heterocycles. The summed E-state index contributed by atoms with van der Waals surface area (Å²) in [4.78, 5) is 44.5. The lowest BCUT2D eigenvalue weighted by molar-refractivity contribution is -0.384. The van der Waals surface area contributed by atoms with Gasteiger partial charge in [0.05, 0.1) is 34.7 Å². The van der Waals surface area contributed by atoms with Gasteiger partial charge in [-0.15, -0.1) is 0 Å². The van der Waals surface area contributed by atoms with Crippen molar-refractivity contribution in [1.82, 2.24) is 14.5 Å². The summed E-state index contributed by atoms with van der Waals surface area (Å²) in [5.74, 6) is 0.910. The van der Waals surface area contributed by atoms with E-state index in [1.807, 2.05) is 32.0 Å². The number of fused-ring (bicyclic) bond motifs is 1. The van der Waals surface area contributed by atoms with Crippen molar-refractivity contribution in [3.63, 3.8) is 0 Å². The SMILES string of the molecule is CCCN(C(=O)Nc1ccc([N+](=O)[O-])cc1)C(CC)c1nc2ccccc2c(=O)n1-c1ccccc1OC. The van der Waals surface area contributed by atoms with Gasteiger partial charge in [-0.2, -0.15) is 0 Å². The molecule has 1 unspecified atom stereocenters. The van der Waals surface area contributed by atoms with Crippen molar-refractivity contribution in [2.24, 2.45) is 0 Å². The molecule has 1 atom stereocenters. The van der Waals surface area contributed by atoms with Crippen molar-refractivity contribution in [2.75, 3.05) is 19.0 Å². The summed E-state index contributed by atoms with van der Waals surface area (Å²) in [5, 5.41) is 14.3. The number of non-ortho nitro benzene ring substituents is 1.